The molecule has 0 bridgehead atoms. The number of amides is 2. The molecule has 0 unspecified atom stereocenters. The number of carbonyl (C=O) groups excluding carboxylic acids is 2. The number of amidine groups is 1. The molecule has 0 aliphatic carbocycles. The Labute approximate surface area is 187 Å². The van der Waals surface area contributed by atoms with Crippen molar-refractivity contribution in [2.75, 3.05) is 13.1 Å². The molecule has 2 aromatic rings. The summed E-state index contributed by atoms with van der Waals surface area (Å²) in [7, 11) is 0. The minimum Gasteiger partial charge on any atom is -0.372 e. The van der Waals surface area contributed by atoms with E-state index < -0.39 is 0 Å². The zero-order valence-electron chi connectivity index (χ0n) is 18.3. The van der Waals surface area contributed by atoms with Gasteiger partial charge in [-0.2, -0.15) is 5.26 Å². The molecule has 162 valence electrons. The van der Waals surface area contributed by atoms with Gasteiger partial charge >= 0.3 is 0 Å². The molecule has 2 amide bonds. The summed E-state index contributed by atoms with van der Waals surface area (Å²) in [6.07, 6.45) is -0.229. The van der Waals surface area contributed by atoms with Crippen LogP contribution >= 0.6 is 0 Å². The van der Waals surface area contributed by atoms with Crippen molar-refractivity contribution in [2.24, 2.45) is 4.99 Å². The lowest BCUT2D eigenvalue weighted by Gasteiger charge is -2.35. The highest BCUT2D eigenvalue weighted by Crippen LogP contribution is 2.31. The quantitative estimate of drug-likeness (QED) is 0.588. The van der Waals surface area contributed by atoms with Crippen molar-refractivity contribution >= 4 is 23.3 Å². The van der Waals surface area contributed by atoms with E-state index in [4.69, 9.17) is 4.74 Å². The molecule has 0 spiro atoms. The van der Waals surface area contributed by atoms with Crippen molar-refractivity contribution < 1.29 is 14.3 Å². The topological polar surface area (TPSA) is 94.8 Å². The number of nitrogens with one attached hydrogen (secondary N) is 1. The molecular formula is C25H24N4O3. The smallest absolute Gasteiger partial charge is 0.266 e. The largest absolute Gasteiger partial charge is 0.372 e. The van der Waals surface area contributed by atoms with Gasteiger partial charge in [-0.15, -0.1) is 0 Å². The van der Waals surface area contributed by atoms with Crippen molar-refractivity contribution in [3.63, 3.8) is 0 Å². The summed E-state index contributed by atoms with van der Waals surface area (Å²) in [5, 5.41) is 12.7. The molecule has 4 rings (SSSR count). The van der Waals surface area contributed by atoms with Gasteiger partial charge in [0.2, 0.25) is 0 Å². The highest BCUT2D eigenvalue weighted by molar-refractivity contribution is 6.20. The molecule has 0 saturated carbocycles. The van der Waals surface area contributed by atoms with Crippen LogP contribution < -0.4 is 5.32 Å². The van der Waals surface area contributed by atoms with Crippen molar-refractivity contribution in [3.05, 3.63) is 76.4 Å². The van der Waals surface area contributed by atoms with Gasteiger partial charge in [0.15, 0.2) is 0 Å². The first-order valence-corrected chi connectivity index (χ1v) is 10.5. The number of fused-ring (bicyclic) bond motifs is 1. The lowest BCUT2D eigenvalue weighted by Crippen LogP contribution is -2.48. The van der Waals surface area contributed by atoms with Crippen LogP contribution in [0.4, 0.5) is 0 Å². The molecule has 1 saturated heterocycles. The second-order valence-corrected chi connectivity index (χ2v) is 8.13. The maximum Gasteiger partial charge on any atom is 0.266 e. The number of hydrogen-bond acceptors (Lipinski definition) is 5. The van der Waals surface area contributed by atoms with Gasteiger partial charge in [0, 0.05) is 29.8 Å². The Morgan fingerprint density at radius 1 is 1.06 bits per heavy atom. The van der Waals surface area contributed by atoms with E-state index in [-0.39, 0.29) is 35.3 Å². The molecule has 1 N–H and O–H groups in total. The van der Waals surface area contributed by atoms with Gasteiger partial charge in [-0.3, -0.25) is 9.59 Å². The fourth-order valence-electron chi connectivity index (χ4n) is 4.00. The number of aryl methyl sites for hydroxylation is 1. The van der Waals surface area contributed by atoms with E-state index in [9.17, 15) is 14.9 Å². The minimum absolute atomic E-state index is 0.0432. The lowest BCUT2D eigenvalue weighted by molar-refractivity contribution is -0.138. The van der Waals surface area contributed by atoms with Crippen molar-refractivity contribution in [1.82, 2.24) is 10.2 Å². The van der Waals surface area contributed by atoms with Crippen LogP contribution in [-0.4, -0.2) is 47.8 Å². The van der Waals surface area contributed by atoms with Crippen LogP contribution in [0.2, 0.25) is 0 Å². The highest BCUT2D eigenvalue weighted by atomic mass is 16.5. The molecule has 2 aliphatic rings. The Balaban J connectivity index is 1.69. The molecular weight excluding hydrogens is 404 g/mol. The summed E-state index contributed by atoms with van der Waals surface area (Å²) in [6.45, 7) is 6.56. The Kier molecular flexibility index (Phi) is 5.89. The molecule has 0 radical (unpaired) electrons. The predicted octanol–water partition coefficient (Wildman–Crippen LogP) is 3.06. The third-order valence-corrected chi connectivity index (χ3v) is 5.48. The zero-order chi connectivity index (χ0) is 22.8. The number of ether oxygens (including phenoxy) is 1. The minimum atomic E-state index is -0.380. The van der Waals surface area contributed by atoms with E-state index >= 15 is 0 Å². The van der Waals surface area contributed by atoms with Crippen LogP contribution in [0.25, 0.3) is 5.70 Å². The fraction of sp³-hybridized carbons (Fsp3) is 0.280. The van der Waals surface area contributed by atoms with E-state index in [1.165, 1.54) is 0 Å². The number of nitriles is 1. The lowest BCUT2D eigenvalue weighted by atomic mass is 10.0. The van der Waals surface area contributed by atoms with Crippen molar-refractivity contribution in [1.29, 1.82) is 5.26 Å². The number of rotatable bonds is 2. The van der Waals surface area contributed by atoms with Gasteiger partial charge in [-0.25, -0.2) is 4.99 Å². The molecule has 7 heteroatoms. The number of benzene rings is 2. The van der Waals surface area contributed by atoms with Crippen molar-refractivity contribution in [2.45, 2.75) is 33.0 Å². The molecule has 1 fully saturated rings. The number of nitrogens with zero attached hydrogens (tertiary/aromatic N) is 3. The summed E-state index contributed by atoms with van der Waals surface area (Å²) in [5.74, 6) is -0.361. The second kappa shape index (κ2) is 8.77. The molecule has 32 heavy (non-hydrogen) atoms. The van der Waals surface area contributed by atoms with Crippen LogP contribution in [0.3, 0.4) is 0 Å². The summed E-state index contributed by atoms with van der Waals surface area (Å²) >= 11 is 0. The van der Waals surface area contributed by atoms with Gasteiger partial charge in [-0.1, -0.05) is 42.0 Å². The van der Waals surface area contributed by atoms with E-state index in [1.54, 1.807) is 23.1 Å². The first-order chi connectivity index (χ1) is 15.4. The summed E-state index contributed by atoms with van der Waals surface area (Å²) in [6, 6.07) is 16.5. The molecule has 7 nitrogen and oxygen atoms in total. The predicted molar refractivity (Wildman–Crippen MR) is 121 cm³/mol. The van der Waals surface area contributed by atoms with E-state index in [1.807, 2.05) is 51.1 Å². The third kappa shape index (κ3) is 4.18. The van der Waals surface area contributed by atoms with Gasteiger partial charge in [0.25, 0.3) is 11.8 Å². The first kappa shape index (κ1) is 21.5. The first-order valence-electron chi connectivity index (χ1n) is 10.5. The van der Waals surface area contributed by atoms with Crippen LogP contribution in [0.1, 0.15) is 40.9 Å². The SMILES string of the molecule is Cc1ccc(C(=O)NC2=N/C(=C(/C#N)C(=O)N3C[C@@H](C)O[C@H](C)C3)c3ccccc32)cc1. The van der Waals surface area contributed by atoms with E-state index in [2.05, 4.69) is 16.4 Å². The molecule has 2 aromatic carbocycles. The van der Waals surface area contributed by atoms with Crippen LogP contribution in [-0.2, 0) is 9.53 Å². The Bertz CT molecular complexity index is 1160. The number of hydrogen-bond donors (Lipinski definition) is 1. The monoisotopic (exact) mass is 428 g/mol. The van der Waals surface area contributed by atoms with Crippen LogP contribution in [0.5, 0.6) is 0 Å². The summed E-state index contributed by atoms with van der Waals surface area (Å²) in [5.41, 5.74) is 3.11. The van der Waals surface area contributed by atoms with Gasteiger partial charge in [-0.05, 0) is 32.9 Å². The molecule has 2 atom stereocenters. The molecule has 2 heterocycles. The van der Waals surface area contributed by atoms with E-state index in [0.29, 0.717) is 35.6 Å². The zero-order valence-corrected chi connectivity index (χ0v) is 18.3. The van der Waals surface area contributed by atoms with Crippen LogP contribution in [0, 0.1) is 18.3 Å². The maximum absolute atomic E-state index is 13.2. The van der Waals surface area contributed by atoms with Crippen LogP contribution in [0.15, 0.2) is 59.1 Å². The van der Waals surface area contributed by atoms with Crippen molar-refractivity contribution in [3.8, 4) is 6.07 Å². The molecule has 2 aliphatic heterocycles. The van der Waals surface area contributed by atoms with Gasteiger partial charge in [0.05, 0.1) is 17.9 Å². The average molecular weight is 428 g/mol. The van der Waals surface area contributed by atoms with Gasteiger partial charge < -0.3 is 15.0 Å². The number of aliphatic imine (C=N–C) groups is 1. The number of morpholine rings is 1. The Hall–Kier alpha value is -3.76. The average Bonchev–Trinajstić information content (AvgIpc) is 3.12. The Morgan fingerprint density at radius 2 is 1.69 bits per heavy atom. The normalized spacial score (nSPS) is 21.3. The molecule has 0 aromatic heterocycles. The Morgan fingerprint density at radius 3 is 2.31 bits per heavy atom. The van der Waals surface area contributed by atoms with E-state index in [0.717, 1.165) is 5.56 Å². The standard InChI is InChI=1S/C25H24N4O3/c1-15-8-10-18(11-9-15)24(30)28-23-20-7-5-4-6-19(20)22(27-23)21(12-26)25(31)29-13-16(2)32-17(3)14-29/h4-11,16-17H,13-14H2,1-3H3,(H,27,28,30)/b22-21-/t16-,17-/m1/s1. The number of carbonyl (C=O) groups is 2. The third-order valence-electron chi connectivity index (χ3n) is 5.48. The maximum atomic E-state index is 13.2. The van der Waals surface area contributed by atoms with Gasteiger partial charge in [0.1, 0.15) is 17.5 Å². The highest BCUT2D eigenvalue weighted by Gasteiger charge is 2.32. The summed E-state index contributed by atoms with van der Waals surface area (Å²) < 4.78 is 5.70. The summed E-state index contributed by atoms with van der Waals surface area (Å²) in [4.78, 5) is 32.1. The second-order valence-electron chi connectivity index (χ2n) is 8.13. The fourth-order valence-corrected chi connectivity index (χ4v) is 4.00.